The van der Waals surface area contributed by atoms with Crippen LogP contribution in [0.4, 0.5) is 0 Å². The Morgan fingerprint density at radius 3 is 2.61 bits per heavy atom. The van der Waals surface area contributed by atoms with Crippen molar-refractivity contribution in [1.82, 2.24) is 10.3 Å². The summed E-state index contributed by atoms with van der Waals surface area (Å²) in [4.78, 5) is 27.5. The van der Waals surface area contributed by atoms with E-state index in [-0.39, 0.29) is 12.3 Å². The Bertz CT molecular complexity index is 679. The van der Waals surface area contributed by atoms with E-state index in [1.54, 1.807) is 6.92 Å². The van der Waals surface area contributed by atoms with Crippen molar-refractivity contribution >= 4 is 11.9 Å². The van der Waals surface area contributed by atoms with E-state index in [1.165, 1.54) is 0 Å². The molecule has 0 fully saturated rings. The van der Waals surface area contributed by atoms with Gasteiger partial charge in [-0.1, -0.05) is 31.5 Å². The molecule has 0 aliphatic carbocycles. The molecular weight excluding hydrogens is 296 g/mol. The topological polar surface area (TPSA) is 92.4 Å². The lowest BCUT2D eigenvalue weighted by molar-refractivity contribution is -0.141. The van der Waals surface area contributed by atoms with Gasteiger partial charge in [0.25, 0.3) is 0 Å². The van der Waals surface area contributed by atoms with E-state index in [9.17, 15) is 9.59 Å². The van der Waals surface area contributed by atoms with E-state index < -0.39 is 12.0 Å². The van der Waals surface area contributed by atoms with Crippen LogP contribution in [0.5, 0.6) is 0 Å². The van der Waals surface area contributed by atoms with Crippen molar-refractivity contribution in [3.63, 3.8) is 0 Å². The molecule has 0 spiro atoms. The number of aryl methyl sites for hydroxylation is 1. The number of carbonyl (C=O) groups is 2. The molecule has 0 radical (unpaired) electrons. The van der Waals surface area contributed by atoms with Crippen LogP contribution >= 0.6 is 0 Å². The number of nitrogens with zero attached hydrogens (tertiary/aromatic N) is 1. The fourth-order valence-electron chi connectivity index (χ4n) is 2.24. The van der Waals surface area contributed by atoms with Gasteiger partial charge >= 0.3 is 5.97 Å². The van der Waals surface area contributed by atoms with Gasteiger partial charge in [0.15, 0.2) is 0 Å². The number of oxazole rings is 1. The monoisotopic (exact) mass is 316 g/mol. The molecule has 2 N–H and O–H groups in total. The molecule has 2 rings (SSSR count). The number of aromatic nitrogens is 1. The van der Waals surface area contributed by atoms with Gasteiger partial charge in [-0.2, -0.15) is 0 Å². The van der Waals surface area contributed by atoms with Gasteiger partial charge in [0.2, 0.25) is 11.8 Å². The Morgan fingerprint density at radius 1 is 1.30 bits per heavy atom. The largest absolute Gasteiger partial charge is 0.480 e. The number of benzene rings is 1. The smallest absolute Gasteiger partial charge is 0.326 e. The van der Waals surface area contributed by atoms with E-state index in [0.29, 0.717) is 30.2 Å². The quantitative estimate of drug-likeness (QED) is 0.819. The molecule has 1 unspecified atom stereocenters. The van der Waals surface area contributed by atoms with Gasteiger partial charge in [-0.25, -0.2) is 9.78 Å². The molecule has 1 heterocycles. The highest BCUT2D eigenvalue weighted by Gasteiger charge is 2.21. The fraction of sp³-hybridized carbons (Fsp3) is 0.353. The first-order valence-electron chi connectivity index (χ1n) is 7.55. The predicted octanol–water partition coefficient (Wildman–Crippen LogP) is 2.56. The minimum atomic E-state index is -1.03. The van der Waals surface area contributed by atoms with Crippen LogP contribution in [-0.2, 0) is 16.0 Å². The van der Waals surface area contributed by atoms with Crippen LogP contribution in [-0.4, -0.2) is 28.0 Å². The normalized spacial score (nSPS) is 11.9. The van der Waals surface area contributed by atoms with Gasteiger partial charge in [-0.15, -0.1) is 0 Å². The number of carboxylic acid groups (broad SMARTS) is 1. The summed E-state index contributed by atoms with van der Waals surface area (Å²) in [7, 11) is 0. The number of hydrogen-bond acceptors (Lipinski definition) is 4. The van der Waals surface area contributed by atoms with Crippen molar-refractivity contribution in [2.75, 3.05) is 0 Å². The number of nitrogens with one attached hydrogen (secondary N) is 1. The summed E-state index contributed by atoms with van der Waals surface area (Å²) in [5.41, 5.74) is 1.35. The van der Waals surface area contributed by atoms with Crippen molar-refractivity contribution in [2.45, 2.75) is 39.2 Å². The summed E-state index contributed by atoms with van der Waals surface area (Å²) in [6.07, 6.45) is 1.07. The lowest BCUT2D eigenvalue weighted by Gasteiger charge is -2.12. The van der Waals surface area contributed by atoms with Gasteiger partial charge in [0, 0.05) is 5.56 Å². The van der Waals surface area contributed by atoms with Crippen molar-refractivity contribution in [1.29, 1.82) is 0 Å². The molecule has 1 atom stereocenters. The zero-order valence-electron chi connectivity index (χ0n) is 13.2. The van der Waals surface area contributed by atoms with Crippen LogP contribution in [0.1, 0.15) is 31.2 Å². The molecule has 6 heteroatoms. The maximum absolute atomic E-state index is 12.0. The summed E-state index contributed by atoms with van der Waals surface area (Å²) in [6.45, 7) is 3.61. The Kier molecular flexibility index (Phi) is 5.51. The van der Waals surface area contributed by atoms with Crippen LogP contribution in [0.3, 0.4) is 0 Å². The third kappa shape index (κ3) is 4.42. The standard InChI is InChI=1S/C17H20N2O4/c1-3-7-13(17(21)22)18-15(20)10-14-11(2)23-16(19-14)12-8-5-4-6-9-12/h4-6,8-9,13H,3,7,10H2,1-2H3,(H,18,20)(H,21,22). The second-order valence-corrected chi connectivity index (χ2v) is 5.31. The molecule has 2 aromatic rings. The zero-order chi connectivity index (χ0) is 16.8. The average molecular weight is 316 g/mol. The molecule has 1 aromatic carbocycles. The molecule has 122 valence electrons. The van der Waals surface area contributed by atoms with E-state index in [4.69, 9.17) is 9.52 Å². The van der Waals surface area contributed by atoms with Crippen molar-refractivity contribution in [3.8, 4) is 11.5 Å². The van der Waals surface area contributed by atoms with E-state index in [2.05, 4.69) is 10.3 Å². The third-order valence-electron chi connectivity index (χ3n) is 3.45. The van der Waals surface area contributed by atoms with E-state index in [0.717, 1.165) is 5.56 Å². The van der Waals surface area contributed by atoms with Gasteiger partial charge in [0.1, 0.15) is 11.8 Å². The van der Waals surface area contributed by atoms with Crippen LogP contribution in [0.15, 0.2) is 34.7 Å². The fourth-order valence-corrected chi connectivity index (χ4v) is 2.24. The average Bonchev–Trinajstić information content (AvgIpc) is 2.88. The Balaban J connectivity index is 2.07. The maximum atomic E-state index is 12.0. The molecule has 6 nitrogen and oxygen atoms in total. The molecule has 1 aromatic heterocycles. The van der Waals surface area contributed by atoms with Gasteiger partial charge in [0.05, 0.1) is 12.1 Å². The Hall–Kier alpha value is -2.63. The van der Waals surface area contributed by atoms with Crippen molar-refractivity contribution < 1.29 is 19.1 Å². The Labute approximate surface area is 134 Å². The molecule has 0 aliphatic heterocycles. The van der Waals surface area contributed by atoms with Crippen molar-refractivity contribution in [2.24, 2.45) is 0 Å². The Morgan fingerprint density at radius 2 is 2.00 bits per heavy atom. The second-order valence-electron chi connectivity index (χ2n) is 5.31. The lowest BCUT2D eigenvalue weighted by atomic mass is 10.1. The molecular formula is C17H20N2O4. The highest BCUT2D eigenvalue weighted by molar-refractivity contribution is 5.84. The highest BCUT2D eigenvalue weighted by Crippen LogP contribution is 2.21. The summed E-state index contributed by atoms with van der Waals surface area (Å²) >= 11 is 0. The van der Waals surface area contributed by atoms with Gasteiger partial charge in [-0.05, 0) is 25.5 Å². The summed E-state index contributed by atoms with van der Waals surface area (Å²) in [6, 6.07) is 8.53. The van der Waals surface area contributed by atoms with Crippen LogP contribution in [0.25, 0.3) is 11.5 Å². The summed E-state index contributed by atoms with van der Waals surface area (Å²) in [5, 5.41) is 11.6. The molecule has 0 bridgehead atoms. The second kappa shape index (κ2) is 7.58. The number of aliphatic carboxylic acids is 1. The lowest BCUT2D eigenvalue weighted by Crippen LogP contribution is -2.41. The first-order chi connectivity index (χ1) is 11.0. The van der Waals surface area contributed by atoms with Crippen LogP contribution in [0, 0.1) is 6.92 Å². The first-order valence-corrected chi connectivity index (χ1v) is 7.55. The number of hydrogen-bond donors (Lipinski definition) is 2. The number of rotatable bonds is 7. The summed E-state index contributed by atoms with van der Waals surface area (Å²) < 4.78 is 5.59. The van der Waals surface area contributed by atoms with Gasteiger partial charge in [-0.3, -0.25) is 4.79 Å². The molecule has 0 aliphatic rings. The molecule has 0 saturated carbocycles. The third-order valence-corrected chi connectivity index (χ3v) is 3.45. The summed E-state index contributed by atoms with van der Waals surface area (Å²) in [5.74, 6) is -0.389. The molecule has 1 amide bonds. The van der Waals surface area contributed by atoms with Crippen LogP contribution in [0.2, 0.25) is 0 Å². The zero-order valence-corrected chi connectivity index (χ0v) is 13.2. The first kappa shape index (κ1) is 16.7. The minimum absolute atomic E-state index is 0.00430. The predicted molar refractivity (Wildman–Crippen MR) is 84.9 cm³/mol. The van der Waals surface area contributed by atoms with E-state index in [1.807, 2.05) is 37.3 Å². The van der Waals surface area contributed by atoms with Crippen LogP contribution < -0.4 is 5.32 Å². The number of amides is 1. The maximum Gasteiger partial charge on any atom is 0.326 e. The highest BCUT2D eigenvalue weighted by atomic mass is 16.4. The minimum Gasteiger partial charge on any atom is -0.480 e. The SMILES string of the molecule is CCCC(NC(=O)Cc1nc(-c2ccccc2)oc1C)C(=O)O. The number of carboxylic acids is 1. The molecule has 0 saturated heterocycles. The molecule has 23 heavy (non-hydrogen) atoms. The van der Waals surface area contributed by atoms with E-state index >= 15 is 0 Å². The van der Waals surface area contributed by atoms with Crippen molar-refractivity contribution in [3.05, 3.63) is 41.8 Å². The number of carbonyl (C=O) groups excluding carboxylic acids is 1. The van der Waals surface area contributed by atoms with Gasteiger partial charge < -0.3 is 14.8 Å².